The number of aliphatic hydroxyl groups excluding tert-OH is 2. The summed E-state index contributed by atoms with van der Waals surface area (Å²) in [6.07, 6.45) is -3.22. The summed E-state index contributed by atoms with van der Waals surface area (Å²) in [6, 6.07) is 10.6. The molecule has 0 aliphatic heterocycles. The van der Waals surface area contributed by atoms with Crippen molar-refractivity contribution in [2.75, 3.05) is 23.9 Å². The number of nitrogens with one attached hydrogen (secondary N) is 2. The van der Waals surface area contributed by atoms with Gasteiger partial charge in [-0.25, -0.2) is 16.8 Å². The molecule has 0 spiro atoms. The summed E-state index contributed by atoms with van der Waals surface area (Å²) in [5.41, 5.74) is 0.680. The Balaban J connectivity index is 2.47. The number of aliphatic hydroxyl groups is 2. The Kier molecular flexibility index (Phi) is 18.5. The second-order valence-electron chi connectivity index (χ2n) is 14.5. The van der Waals surface area contributed by atoms with Crippen molar-refractivity contribution < 1.29 is 55.7 Å². The van der Waals surface area contributed by atoms with E-state index in [-0.39, 0.29) is 25.2 Å². The van der Waals surface area contributed by atoms with Crippen molar-refractivity contribution in [1.29, 1.82) is 0 Å². The smallest absolute Gasteiger partial charge is 0.303 e. The largest absolute Gasteiger partial charge is 0.462 e. The third-order valence-electron chi connectivity index (χ3n) is 8.88. The topological polar surface area (TPSA) is 220 Å². The van der Waals surface area contributed by atoms with Gasteiger partial charge >= 0.3 is 11.9 Å². The van der Waals surface area contributed by atoms with Crippen LogP contribution in [0.1, 0.15) is 79.7 Å². The zero-order chi connectivity index (χ0) is 40.8. The molecule has 14 nitrogen and oxygen atoms in total. The molecule has 0 aliphatic rings. The molecule has 0 saturated carbocycles. The number of carbonyl (C=O) groups is 4. The van der Waals surface area contributed by atoms with Gasteiger partial charge in [-0.1, -0.05) is 76.1 Å². The number of hydrogen-bond donors (Lipinski definition) is 4. The van der Waals surface area contributed by atoms with Gasteiger partial charge in [-0.05, 0) is 55.4 Å². The van der Waals surface area contributed by atoms with Crippen molar-refractivity contribution in [3.8, 4) is 0 Å². The maximum absolute atomic E-state index is 14.2. The highest BCUT2D eigenvalue weighted by Crippen LogP contribution is 2.23. The predicted molar refractivity (Wildman–Crippen MR) is 206 cm³/mol. The van der Waals surface area contributed by atoms with E-state index in [1.807, 2.05) is 51.1 Å². The van der Waals surface area contributed by atoms with Crippen LogP contribution in [0.3, 0.4) is 0 Å². The van der Waals surface area contributed by atoms with Crippen LogP contribution >= 0.6 is 0 Å². The molecule has 16 heteroatoms. The van der Waals surface area contributed by atoms with Crippen LogP contribution < -0.4 is 10.6 Å². The van der Waals surface area contributed by atoms with Gasteiger partial charge in [0.15, 0.2) is 19.7 Å². The van der Waals surface area contributed by atoms with Crippen molar-refractivity contribution in [3.63, 3.8) is 0 Å². The van der Waals surface area contributed by atoms with Crippen LogP contribution in [0.4, 0.5) is 0 Å². The van der Waals surface area contributed by atoms with Crippen LogP contribution in [-0.2, 0) is 54.7 Å². The van der Waals surface area contributed by atoms with E-state index in [1.165, 1.54) is 13.8 Å². The summed E-state index contributed by atoms with van der Waals surface area (Å²) in [5.74, 6) is -6.39. The van der Waals surface area contributed by atoms with Gasteiger partial charge in [0.2, 0.25) is 11.8 Å². The SMILES string of the molecule is CCCC[C@H](NC(=O)[C@H](Cc1cccc2ccccc12)CS(=O)(=O)CC(COC(C)=O)OC(C)=O)C(=O)N[C@@H](CC(C)C)[C@@H](O)[C@@H](O)CS(=O)(=O)C(C)C. The molecule has 2 amide bonds. The first-order valence-corrected chi connectivity index (χ1v) is 21.8. The molecule has 54 heavy (non-hydrogen) atoms. The van der Waals surface area contributed by atoms with Gasteiger partial charge in [0.05, 0.1) is 40.6 Å². The molecule has 0 heterocycles. The lowest BCUT2D eigenvalue weighted by Crippen LogP contribution is -2.56. The van der Waals surface area contributed by atoms with Crippen molar-refractivity contribution in [2.24, 2.45) is 11.8 Å². The van der Waals surface area contributed by atoms with E-state index in [0.717, 1.165) is 24.6 Å². The van der Waals surface area contributed by atoms with Crippen LogP contribution in [0.25, 0.3) is 10.8 Å². The summed E-state index contributed by atoms with van der Waals surface area (Å²) >= 11 is 0. The average Bonchev–Trinajstić information content (AvgIpc) is 3.07. The molecule has 2 aromatic rings. The molecule has 0 aromatic heterocycles. The molecule has 0 radical (unpaired) electrons. The molecule has 1 unspecified atom stereocenters. The third kappa shape index (κ3) is 15.6. The maximum atomic E-state index is 14.2. The first kappa shape index (κ1) is 46.6. The number of hydrogen-bond acceptors (Lipinski definition) is 12. The van der Waals surface area contributed by atoms with Crippen LogP contribution in [0.2, 0.25) is 0 Å². The Morgan fingerprint density at radius 3 is 2.06 bits per heavy atom. The van der Waals surface area contributed by atoms with Gasteiger partial charge in [0.25, 0.3) is 0 Å². The molecular formula is C38H58N2O12S2. The van der Waals surface area contributed by atoms with Gasteiger partial charge in [0, 0.05) is 13.8 Å². The summed E-state index contributed by atoms with van der Waals surface area (Å²) in [7, 11) is -7.92. The van der Waals surface area contributed by atoms with Gasteiger partial charge in [0.1, 0.15) is 24.9 Å². The predicted octanol–water partition coefficient (Wildman–Crippen LogP) is 2.66. The van der Waals surface area contributed by atoms with Gasteiger partial charge in [-0.2, -0.15) is 0 Å². The molecule has 0 saturated heterocycles. The molecule has 304 valence electrons. The van der Waals surface area contributed by atoms with E-state index in [9.17, 15) is 46.2 Å². The molecule has 0 fully saturated rings. The van der Waals surface area contributed by atoms with E-state index >= 15 is 0 Å². The zero-order valence-electron chi connectivity index (χ0n) is 32.3. The quantitative estimate of drug-likeness (QED) is 0.119. The average molecular weight is 799 g/mol. The summed E-state index contributed by atoms with van der Waals surface area (Å²) in [4.78, 5) is 51.2. The zero-order valence-corrected chi connectivity index (χ0v) is 34.0. The number of ether oxygens (including phenoxy) is 2. The Morgan fingerprint density at radius 1 is 0.815 bits per heavy atom. The highest BCUT2D eigenvalue weighted by Gasteiger charge is 2.36. The van der Waals surface area contributed by atoms with Crippen LogP contribution in [0.5, 0.6) is 0 Å². The van der Waals surface area contributed by atoms with Crippen molar-refractivity contribution in [1.82, 2.24) is 10.6 Å². The fourth-order valence-corrected chi connectivity index (χ4v) is 8.83. The monoisotopic (exact) mass is 798 g/mol. The number of esters is 2. The number of fused-ring (bicyclic) bond motifs is 1. The van der Waals surface area contributed by atoms with Crippen molar-refractivity contribution in [3.05, 3.63) is 48.0 Å². The molecule has 4 N–H and O–H groups in total. The Labute approximate surface area is 319 Å². The van der Waals surface area contributed by atoms with Crippen molar-refractivity contribution >= 4 is 54.2 Å². The van der Waals surface area contributed by atoms with Gasteiger partial charge < -0.3 is 30.3 Å². The summed E-state index contributed by atoms with van der Waals surface area (Å²) in [6.45, 7) is 10.2. The molecule has 0 aliphatic carbocycles. The van der Waals surface area contributed by atoms with Crippen LogP contribution in [-0.4, -0.2) is 110 Å². The molecular weight excluding hydrogens is 741 g/mol. The minimum atomic E-state index is -4.18. The van der Waals surface area contributed by atoms with Crippen LogP contribution in [0, 0.1) is 11.8 Å². The number of amides is 2. The molecule has 2 aromatic carbocycles. The Hall–Kier alpha value is -3.60. The third-order valence-corrected chi connectivity index (χ3v) is 12.9. The number of unbranched alkanes of at least 4 members (excludes halogenated alkanes) is 1. The highest BCUT2D eigenvalue weighted by atomic mass is 32.2. The number of sulfone groups is 2. The van der Waals surface area contributed by atoms with Crippen LogP contribution in [0.15, 0.2) is 42.5 Å². The van der Waals surface area contributed by atoms with E-state index in [2.05, 4.69) is 10.6 Å². The number of rotatable bonds is 23. The fourth-order valence-electron chi connectivity index (χ4n) is 6.02. The number of benzene rings is 2. The molecule has 0 bridgehead atoms. The second kappa shape index (κ2) is 21.5. The first-order valence-electron chi connectivity index (χ1n) is 18.3. The lowest BCUT2D eigenvalue weighted by Gasteiger charge is -2.31. The van der Waals surface area contributed by atoms with Crippen molar-refractivity contribution in [2.45, 2.75) is 116 Å². The fraction of sp³-hybridized carbons (Fsp3) is 0.632. The number of carbonyl (C=O) groups excluding carboxylic acids is 4. The summed E-state index contributed by atoms with van der Waals surface area (Å²) in [5, 5.41) is 28.1. The maximum Gasteiger partial charge on any atom is 0.303 e. The van der Waals surface area contributed by atoms with E-state index < -0.39 is 109 Å². The lowest BCUT2D eigenvalue weighted by molar-refractivity contribution is -0.154. The standard InChI is InChI=1S/C38H58N2O12S2/c1-8-9-17-33(38(46)40-34(18-24(2)3)36(44)35(43)23-54(49,50)25(4)5)39-37(45)30(19-29-15-12-14-28-13-10-11-16-32(28)29)21-53(47,48)22-31(52-27(7)42)20-51-26(6)41/h10-16,24-25,30-31,33-36,43-44H,8-9,17-23H2,1-7H3,(H,39,45)(H,40,46)/t30-,31?,33+,34+,35+,36-/m1/s1. The minimum absolute atomic E-state index is 0.0398. The summed E-state index contributed by atoms with van der Waals surface area (Å²) < 4.78 is 62.4. The lowest BCUT2D eigenvalue weighted by atomic mass is 9.94. The first-order chi connectivity index (χ1) is 25.1. The van der Waals surface area contributed by atoms with E-state index in [0.29, 0.717) is 18.4 Å². The normalized spacial score (nSPS) is 15.5. The Bertz CT molecular complexity index is 1770. The Morgan fingerprint density at radius 2 is 1.46 bits per heavy atom. The van der Waals surface area contributed by atoms with E-state index in [1.54, 1.807) is 12.1 Å². The minimum Gasteiger partial charge on any atom is -0.462 e. The van der Waals surface area contributed by atoms with E-state index in [4.69, 9.17) is 9.47 Å². The highest BCUT2D eigenvalue weighted by molar-refractivity contribution is 7.92. The molecule has 2 rings (SSSR count). The van der Waals surface area contributed by atoms with Gasteiger partial charge in [-0.3, -0.25) is 19.2 Å². The second-order valence-corrected chi connectivity index (χ2v) is 19.3. The van der Waals surface area contributed by atoms with Gasteiger partial charge in [-0.15, -0.1) is 0 Å². The molecule has 6 atom stereocenters.